The lowest BCUT2D eigenvalue weighted by Crippen LogP contribution is -2.06. The predicted octanol–water partition coefficient (Wildman–Crippen LogP) is 3.45. The fourth-order valence-corrected chi connectivity index (χ4v) is 2.48. The Morgan fingerprint density at radius 1 is 1.44 bits per heavy atom. The summed E-state index contributed by atoms with van der Waals surface area (Å²) in [5.74, 6) is 1.39. The van der Waals surface area contributed by atoms with E-state index in [1.54, 1.807) is 6.08 Å². The Morgan fingerprint density at radius 3 is 2.83 bits per heavy atom. The SMILES string of the molecule is O=C=NC1(c2cccc(OCC3CC3)c2Cl)CC1. The third-order valence-corrected chi connectivity index (χ3v) is 4.01. The molecule has 0 spiro atoms. The molecule has 3 rings (SSSR count). The molecule has 0 aromatic heterocycles. The topological polar surface area (TPSA) is 38.7 Å². The second-order valence-corrected chi connectivity index (χ2v) is 5.48. The van der Waals surface area contributed by atoms with E-state index in [0.29, 0.717) is 16.7 Å². The maximum absolute atomic E-state index is 10.5. The van der Waals surface area contributed by atoms with Gasteiger partial charge in [0.1, 0.15) is 5.75 Å². The first-order valence-corrected chi connectivity index (χ1v) is 6.64. The van der Waals surface area contributed by atoms with Crippen LogP contribution in [-0.2, 0) is 10.3 Å². The molecule has 0 bridgehead atoms. The Morgan fingerprint density at radius 2 is 2.22 bits per heavy atom. The average molecular weight is 264 g/mol. The van der Waals surface area contributed by atoms with Gasteiger partial charge in [-0.3, -0.25) is 0 Å². The number of hydrogen-bond donors (Lipinski definition) is 0. The Kier molecular flexibility index (Phi) is 2.89. The van der Waals surface area contributed by atoms with Gasteiger partial charge in [0, 0.05) is 5.56 Å². The van der Waals surface area contributed by atoms with E-state index in [1.165, 1.54) is 12.8 Å². The average Bonchev–Trinajstić information content (AvgIpc) is 3.23. The minimum Gasteiger partial charge on any atom is -0.492 e. The number of hydrogen-bond acceptors (Lipinski definition) is 3. The zero-order valence-electron chi connectivity index (χ0n) is 9.99. The molecule has 2 fully saturated rings. The molecule has 4 heteroatoms. The van der Waals surface area contributed by atoms with Gasteiger partial charge in [-0.15, -0.1) is 0 Å². The molecular weight excluding hydrogens is 250 g/mol. The Labute approximate surface area is 111 Å². The van der Waals surface area contributed by atoms with Crippen LogP contribution in [0.25, 0.3) is 0 Å². The van der Waals surface area contributed by atoms with Gasteiger partial charge in [0.15, 0.2) is 0 Å². The molecule has 2 aliphatic rings. The summed E-state index contributed by atoms with van der Waals surface area (Å²) in [6, 6.07) is 5.69. The molecule has 0 unspecified atom stereocenters. The minimum absolute atomic E-state index is 0.433. The van der Waals surface area contributed by atoms with Crippen molar-refractivity contribution in [1.82, 2.24) is 0 Å². The molecule has 1 aromatic carbocycles. The van der Waals surface area contributed by atoms with Crippen LogP contribution in [0.3, 0.4) is 0 Å². The molecule has 3 nitrogen and oxygen atoms in total. The number of nitrogens with zero attached hydrogens (tertiary/aromatic N) is 1. The summed E-state index contributed by atoms with van der Waals surface area (Å²) in [6.45, 7) is 0.729. The number of ether oxygens (including phenoxy) is 1. The van der Waals surface area contributed by atoms with E-state index in [1.807, 2.05) is 18.2 Å². The molecule has 2 saturated carbocycles. The van der Waals surface area contributed by atoms with Gasteiger partial charge in [-0.05, 0) is 37.7 Å². The largest absolute Gasteiger partial charge is 0.492 e. The minimum atomic E-state index is -0.433. The van der Waals surface area contributed by atoms with Gasteiger partial charge in [0.2, 0.25) is 6.08 Å². The normalized spacial score (nSPS) is 20.1. The van der Waals surface area contributed by atoms with Gasteiger partial charge in [-0.1, -0.05) is 23.7 Å². The van der Waals surface area contributed by atoms with Crippen molar-refractivity contribution in [3.63, 3.8) is 0 Å². The summed E-state index contributed by atoms with van der Waals surface area (Å²) >= 11 is 6.36. The van der Waals surface area contributed by atoms with E-state index in [0.717, 1.165) is 25.0 Å². The first-order chi connectivity index (χ1) is 8.75. The number of halogens is 1. The zero-order valence-corrected chi connectivity index (χ0v) is 10.7. The van der Waals surface area contributed by atoms with Crippen LogP contribution < -0.4 is 4.74 Å². The van der Waals surface area contributed by atoms with Crippen LogP contribution in [0.4, 0.5) is 0 Å². The van der Waals surface area contributed by atoms with Crippen LogP contribution in [0.2, 0.25) is 5.02 Å². The fraction of sp³-hybridized carbons (Fsp3) is 0.500. The number of isocyanates is 1. The summed E-state index contributed by atoms with van der Waals surface area (Å²) in [6.07, 6.45) is 5.86. The van der Waals surface area contributed by atoms with Crippen LogP contribution in [0.15, 0.2) is 23.2 Å². The zero-order chi connectivity index (χ0) is 12.6. The van der Waals surface area contributed by atoms with Gasteiger partial charge in [0.25, 0.3) is 0 Å². The van der Waals surface area contributed by atoms with Crippen LogP contribution in [0, 0.1) is 5.92 Å². The smallest absolute Gasteiger partial charge is 0.235 e. The third-order valence-electron chi connectivity index (χ3n) is 3.62. The van der Waals surface area contributed by atoms with E-state index in [4.69, 9.17) is 16.3 Å². The number of carbonyl (C=O) groups excluding carboxylic acids is 1. The van der Waals surface area contributed by atoms with E-state index in [2.05, 4.69) is 4.99 Å². The number of rotatable bonds is 5. The van der Waals surface area contributed by atoms with E-state index in [9.17, 15) is 4.79 Å². The van der Waals surface area contributed by atoms with E-state index < -0.39 is 5.54 Å². The molecular formula is C14H14ClNO2. The van der Waals surface area contributed by atoms with Crippen LogP contribution in [0.5, 0.6) is 5.75 Å². The third kappa shape index (κ3) is 2.16. The maximum Gasteiger partial charge on any atom is 0.235 e. The molecule has 0 heterocycles. The highest BCUT2D eigenvalue weighted by molar-refractivity contribution is 6.33. The fourth-order valence-electron chi connectivity index (χ4n) is 2.12. The molecule has 0 saturated heterocycles. The van der Waals surface area contributed by atoms with Gasteiger partial charge in [-0.25, -0.2) is 4.79 Å². The van der Waals surface area contributed by atoms with Crippen molar-refractivity contribution in [3.05, 3.63) is 28.8 Å². The summed E-state index contributed by atoms with van der Waals surface area (Å²) in [4.78, 5) is 14.4. The second kappa shape index (κ2) is 4.42. The molecule has 0 radical (unpaired) electrons. The van der Waals surface area contributed by atoms with Crippen molar-refractivity contribution < 1.29 is 9.53 Å². The predicted molar refractivity (Wildman–Crippen MR) is 68.7 cm³/mol. The Hall–Kier alpha value is -1.31. The Balaban J connectivity index is 1.86. The lowest BCUT2D eigenvalue weighted by Gasteiger charge is -2.14. The summed E-state index contributed by atoms with van der Waals surface area (Å²) in [5, 5.41) is 0.592. The molecule has 0 N–H and O–H groups in total. The first-order valence-electron chi connectivity index (χ1n) is 6.26. The highest BCUT2D eigenvalue weighted by Gasteiger charge is 2.46. The molecule has 2 aliphatic carbocycles. The van der Waals surface area contributed by atoms with Crippen molar-refractivity contribution in [2.45, 2.75) is 31.2 Å². The highest BCUT2D eigenvalue weighted by atomic mass is 35.5. The summed E-state index contributed by atoms with van der Waals surface area (Å²) in [7, 11) is 0. The summed E-state index contributed by atoms with van der Waals surface area (Å²) in [5.41, 5.74) is 0.457. The van der Waals surface area contributed by atoms with Crippen LogP contribution >= 0.6 is 11.6 Å². The Bertz CT molecular complexity index is 515. The monoisotopic (exact) mass is 263 g/mol. The molecule has 0 amide bonds. The molecule has 0 aliphatic heterocycles. The van der Waals surface area contributed by atoms with Gasteiger partial charge in [-0.2, -0.15) is 4.99 Å². The van der Waals surface area contributed by atoms with E-state index in [-0.39, 0.29) is 0 Å². The van der Waals surface area contributed by atoms with Crippen LogP contribution in [0.1, 0.15) is 31.2 Å². The van der Waals surface area contributed by atoms with Crippen molar-refractivity contribution in [2.24, 2.45) is 10.9 Å². The van der Waals surface area contributed by atoms with Gasteiger partial charge in [0.05, 0.1) is 17.2 Å². The highest BCUT2D eigenvalue weighted by Crippen LogP contribution is 2.52. The van der Waals surface area contributed by atoms with Crippen molar-refractivity contribution >= 4 is 17.7 Å². The van der Waals surface area contributed by atoms with Crippen molar-refractivity contribution in [1.29, 1.82) is 0 Å². The maximum atomic E-state index is 10.5. The molecule has 18 heavy (non-hydrogen) atoms. The van der Waals surface area contributed by atoms with Crippen molar-refractivity contribution in [3.8, 4) is 5.75 Å². The standard InChI is InChI=1S/C14H14ClNO2/c15-13-11(14(6-7-14)16-9-17)2-1-3-12(13)18-8-10-4-5-10/h1-3,10H,4-8H2. The number of aliphatic imine (C=N–C) groups is 1. The lowest BCUT2D eigenvalue weighted by atomic mass is 10.1. The van der Waals surface area contributed by atoms with Gasteiger partial charge < -0.3 is 4.74 Å². The quantitative estimate of drug-likeness (QED) is 0.603. The van der Waals surface area contributed by atoms with Crippen molar-refractivity contribution in [2.75, 3.05) is 6.61 Å². The van der Waals surface area contributed by atoms with Gasteiger partial charge >= 0.3 is 0 Å². The van der Waals surface area contributed by atoms with Crippen LogP contribution in [-0.4, -0.2) is 12.7 Å². The molecule has 94 valence electrons. The summed E-state index contributed by atoms with van der Waals surface area (Å²) < 4.78 is 5.73. The first kappa shape index (κ1) is 11.8. The van der Waals surface area contributed by atoms with E-state index >= 15 is 0 Å². The molecule has 1 aromatic rings. The second-order valence-electron chi connectivity index (χ2n) is 5.11. The lowest BCUT2D eigenvalue weighted by molar-refractivity contribution is 0.299. The molecule has 0 atom stereocenters. The number of benzene rings is 1.